The lowest BCUT2D eigenvalue weighted by molar-refractivity contribution is -0.141. The average molecular weight is 295 g/mol. The zero-order valence-electron chi connectivity index (χ0n) is 11.7. The van der Waals surface area contributed by atoms with E-state index in [4.69, 9.17) is 5.11 Å². The summed E-state index contributed by atoms with van der Waals surface area (Å²) in [5, 5.41) is 9.66. The largest absolute Gasteiger partial charge is 0.481 e. The van der Waals surface area contributed by atoms with Crippen molar-refractivity contribution in [3.05, 3.63) is 17.1 Å². The van der Waals surface area contributed by atoms with Crippen molar-refractivity contribution in [1.29, 1.82) is 0 Å². The molecule has 108 valence electrons. The minimum Gasteiger partial charge on any atom is -0.481 e. The van der Waals surface area contributed by atoms with Crippen LogP contribution in [0.4, 0.5) is 0 Å². The van der Waals surface area contributed by atoms with Gasteiger partial charge in [0, 0.05) is 13.1 Å². The molecule has 0 spiro atoms. The van der Waals surface area contributed by atoms with Gasteiger partial charge >= 0.3 is 5.97 Å². The number of aryl methyl sites for hydroxylation is 2. The second-order valence-electron chi connectivity index (χ2n) is 4.82. The summed E-state index contributed by atoms with van der Waals surface area (Å²) >= 11 is 1.40. The van der Waals surface area contributed by atoms with Gasteiger partial charge in [-0.1, -0.05) is 0 Å². The molecule has 0 aliphatic carbocycles. The molecule has 2 rings (SSSR count). The first-order chi connectivity index (χ1) is 9.43. The number of thioether (sulfide) groups is 1. The number of amides is 1. The molecule has 1 aliphatic heterocycles. The molecule has 0 bridgehead atoms. The Labute approximate surface area is 121 Å². The van der Waals surface area contributed by atoms with Crippen molar-refractivity contribution in [3.8, 4) is 0 Å². The van der Waals surface area contributed by atoms with E-state index in [1.165, 1.54) is 11.8 Å². The molecule has 0 aromatic carbocycles. The quantitative estimate of drug-likeness (QED) is 0.669. The summed E-state index contributed by atoms with van der Waals surface area (Å²) in [6.07, 6.45) is 2.36. The Morgan fingerprint density at radius 1 is 1.35 bits per heavy atom. The van der Waals surface area contributed by atoms with Crippen molar-refractivity contribution in [2.75, 3.05) is 19.3 Å². The maximum Gasteiger partial charge on any atom is 0.308 e. The fraction of sp³-hybridized carbons (Fsp3) is 0.538. The number of carboxylic acids is 1. The van der Waals surface area contributed by atoms with Gasteiger partial charge in [0.2, 0.25) is 0 Å². The molecule has 1 aromatic heterocycles. The first-order valence-corrected chi connectivity index (χ1v) is 7.57. The fourth-order valence-electron chi connectivity index (χ4n) is 2.38. The van der Waals surface area contributed by atoms with Crippen LogP contribution in [0, 0.1) is 19.8 Å². The fourth-order valence-corrected chi connectivity index (χ4v) is 3.04. The van der Waals surface area contributed by atoms with E-state index in [9.17, 15) is 9.59 Å². The van der Waals surface area contributed by atoms with Gasteiger partial charge in [0.15, 0.2) is 0 Å². The van der Waals surface area contributed by atoms with Crippen LogP contribution in [0.25, 0.3) is 0 Å². The molecule has 1 unspecified atom stereocenters. The van der Waals surface area contributed by atoms with E-state index in [2.05, 4.69) is 9.97 Å². The van der Waals surface area contributed by atoms with Crippen molar-refractivity contribution in [3.63, 3.8) is 0 Å². The predicted molar refractivity (Wildman–Crippen MR) is 74.9 cm³/mol. The molecule has 20 heavy (non-hydrogen) atoms. The van der Waals surface area contributed by atoms with Gasteiger partial charge in [0.25, 0.3) is 5.91 Å². The van der Waals surface area contributed by atoms with Crippen LogP contribution in [0.3, 0.4) is 0 Å². The smallest absolute Gasteiger partial charge is 0.308 e. The van der Waals surface area contributed by atoms with Crippen molar-refractivity contribution in [2.24, 2.45) is 5.92 Å². The Morgan fingerprint density at radius 2 is 2.05 bits per heavy atom. The van der Waals surface area contributed by atoms with Gasteiger partial charge in [-0.2, -0.15) is 0 Å². The Bertz CT molecular complexity index is 562. The van der Waals surface area contributed by atoms with Gasteiger partial charge in [0.1, 0.15) is 10.9 Å². The summed E-state index contributed by atoms with van der Waals surface area (Å²) < 4.78 is 0. The number of aromatic nitrogens is 2. The number of carbonyl (C=O) groups is 2. The third kappa shape index (κ3) is 2.77. The standard InChI is InChI=1S/C13H17N3O3S/c1-7-10(11(20-3)15-8(2)14-7)12(17)16-5-4-9(6-16)13(18)19/h9H,4-6H2,1-3H3,(H,18,19). The summed E-state index contributed by atoms with van der Waals surface area (Å²) in [5.41, 5.74) is 1.14. The van der Waals surface area contributed by atoms with E-state index < -0.39 is 11.9 Å². The van der Waals surface area contributed by atoms with Crippen LogP contribution < -0.4 is 0 Å². The maximum atomic E-state index is 12.6. The molecule has 1 N–H and O–H groups in total. The van der Waals surface area contributed by atoms with Gasteiger partial charge < -0.3 is 10.0 Å². The van der Waals surface area contributed by atoms with Crippen molar-refractivity contribution >= 4 is 23.6 Å². The minimum absolute atomic E-state index is 0.171. The molecule has 1 saturated heterocycles. The summed E-state index contributed by atoms with van der Waals surface area (Å²) in [6.45, 7) is 4.30. The van der Waals surface area contributed by atoms with Crippen LogP contribution in [0.5, 0.6) is 0 Å². The van der Waals surface area contributed by atoms with Gasteiger partial charge in [-0.15, -0.1) is 11.8 Å². The number of aliphatic carboxylic acids is 1. The van der Waals surface area contributed by atoms with Crippen molar-refractivity contribution in [1.82, 2.24) is 14.9 Å². The second-order valence-corrected chi connectivity index (χ2v) is 5.61. The topological polar surface area (TPSA) is 83.4 Å². The third-order valence-electron chi connectivity index (χ3n) is 3.40. The molecule has 0 saturated carbocycles. The Kier molecular flexibility index (Phi) is 4.27. The zero-order valence-corrected chi connectivity index (χ0v) is 12.5. The first kappa shape index (κ1) is 14.8. The lowest BCUT2D eigenvalue weighted by atomic mass is 10.1. The van der Waals surface area contributed by atoms with E-state index in [-0.39, 0.29) is 12.5 Å². The lowest BCUT2D eigenvalue weighted by Crippen LogP contribution is -2.31. The van der Waals surface area contributed by atoms with Crippen molar-refractivity contribution in [2.45, 2.75) is 25.3 Å². The van der Waals surface area contributed by atoms with Crippen LogP contribution in [-0.4, -0.2) is 51.2 Å². The molecular weight excluding hydrogens is 278 g/mol. The van der Waals surface area contributed by atoms with Gasteiger partial charge in [-0.25, -0.2) is 9.97 Å². The molecule has 6 nitrogen and oxygen atoms in total. The Hall–Kier alpha value is -1.63. The van der Waals surface area contributed by atoms with Gasteiger partial charge in [0.05, 0.1) is 17.2 Å². The van der Waals surface area contributed by atoms with Crippen molar-refractivity contribution < 1.29 is 14.7 Å². The van der Waals surface area contributed by atoms with Gasteiger partial charge in [-0.3, -0.25) is 9.59 Å². The first-order valence-electron chi connectivity index (χ1n) is 6.35. The number of nitrogens with zero attached hydrogens (tertiary/aromatic N) is 3. The molecule has 1 atom stereocenters. The SMILES string of the molecule is CSc1nc(C)nc(C)c1C(=O)N1CCC(C(=O)O)C1. The normalized spacial score (nSPS) is 18.4. The summed E-state index contributed by atoms with van der Waals surface area (Å²) in [6, 6.07) is 0. The Balaban J connectivity index is 2.28. The number of carboxylic acid groups (broad SMARTS) is 1. The highest BCUT2D eigenvalue weighted by Crippen LogP contribution is 2.25. The summed E-state index contributed by atoms with van der Waals surface area (Å²) in [7, 11) is 0. The summed E-state index contributed by atoms with van der Waals surface area (Å²) in [4.78, 5) is 33.7. The van der Waals surface area contributed by atoms with E-state index in [0.717, 1.165) is 0 Å². The van der Waals surface area contributed by atoms with Gasteiger partial charge in [-0.05, 0) is 26.5 Å². The molecule has 0 radical (unpaired) electrons. The summed E-state index contributed by atoms with van der Waals surface area (Å²) in [5.74, 6) is -0.852. The number of hydrogen-bond donors (Lipinski definition) is 1. The molecule has 7 heteroatoms. The van der Waals surface area contributed by atoms with E-state index in [1.54, 1.807) is 18.7 Å². The Morgan fingerprint density at radius 3 is 2.60 bits per heavy atom. The number of carbonyl (C=O) groups excluding carboxylic acids is 1. The highest BCUT2D eigenvalue weighted by atomic mass is 32.2. The lowest BCUT2D eigenvalue weighted by Gasteiger charge is -2.18. The van der Waals surface area contributed by atoms with Crippen LogP contribution in [0.2, 0.25) is 0 Å². The number of rotatable bonds is 3. The van der Waals surface area contributed by atoms with E-state index in [0.29, 0.717) is 35.1 Å². The maximum absolute atomic E-state index is 12.6. The average Bonchev–Trinajstić information content (AvgIpc) is 2.86. The second kappa shape index (κ2) is 5.78. The minimum atomic E-state index is -0.845. The molecule has 2 heterocycles. The molecule has 1 fully saturated rings. The van der Waals surface area contributed by atoms with E-state index >= 15 is 0 Å². The molecular formula is C13H17N3O3S. The van der Waals surface area contributed by atoms with Crippen LogP contribution in [0.1, 0.15) is 28.3 Å². The monoisotopic (exact) mass is 295 g/mol. The highest BCUT2D eigenvalue weighted by molar-refractivity contribution is 7.98. The van der Waals surface area contributed by atoms with Crippen LogP contribution >= 0.6 is 11.8 Å². The van der Waals surface area contributed by atoms with E-state index in [1.807, 2.05) is 6.26 Å². The molecule has 1 amide bonds. The number of hydrogen-bond acceptors (Lipinski definition) is 5. The third-order valence-corrected chi connectivity index (χ3v) is 4.08. The van der Waals surface area contributed by atoms with Crippen LogP contribution in [0.15, 0.2) is 5.03 Å². The predicted octanol–water partition coefficient (Wildman–Crippen LogP) is 1.36. The zero-order chi connectivity index (χ0) is 14.9. The highest BCUT2D eigenvalue weighted by Gasteiger charge is 2.33. The number of likely N-dealkylation sites (tertiary alicyclic amines) is 1. The van der Waals surface area contributed by atoms with Crippen LogP contribution in [-0.2, 0) is 4.79 Å². The molecule has 1 aromatic rings. The molecule has 1 aliphatic rings.